The molecule has 1 N–H and O–H groups in total. The van der Waals surface area contributed by atoms with Crippen LogP contribution in [0.4, 0.5) is 0 Å². The van der Waals surface area contributed by atoms with Crippen LogP contribution in [0, 0.1) is 30.1 Å². The lowest BCUT2D eigenvalue weighted by molar-refractivity contribution is -0.162. The summed E-state index contributed by atoms with van der Waals surface area (Å²) in [5.41, 5.74) is 2.85. The van der Waals surface area contributed by atoms with Gasteiger partial charge in [0.25, 0.3) is 0 Å². The van der Waals surface area contributed by atoms with Crippen molar-refractivity contribution in [2.45, 2.75) is 70.6 Å². The van der Waals surface area contributed by atoms with E-state index in [-0.39, 0.29) is 16.7 Å². The number of hydrogen-bond acceptors (Lipinski definition) is 2. The molecule has 5 fully saturated rings. The van der Waals surface area contributed by atoms with E-state index in [1.54, 1.807) is 6.92 Å². The predicted molar refractivity (Wildman–Crippen MR) is 118 cm³/mol. The lowest BCUT2D eigenvalue weighted by Gasteiger charge is -2.62. The van der Waals surface area contributed by atoms with Crippen molar-refractivity contribution in [3.63, 3.8) is 0 Å². The first kappa shape index (κ1) is 20.1. The molecule has 4 aliphatic carbocycles. The number of piperidine rings is 1. The largest absolute Gasteiger partial charge is 0.356 e. The van der Waals surface area contributed by atoms with Gasteiger partial charge < -0.3 is 10.2 Å². The Morgan fingerprint density at radius 2 is 1.80 bits per heavy atom. The van der Waals surface area contributed by atoms with Gasteiger partial charge in [-0.15, -0.1) is 0 Å². The molecule has 0 spiro atoms. The maximum Gasteiger partial charge on any atom is 0.228 e. The van der Waals surface area contributed by atoms with Crippen LogP contribution in [0.5, 0.6) is 0 Å². The van der Waals surface area contributed by atoms with Crippen LogP contribution in [-0.4, -0.2) is 36.3 Å². The first-order valence-electron chi connectivity index (χ1n) is 12.0. The molecular formula is C26H36N2O2. The van der Waals surface area contributed by atoms with E-state index in [9.17, 15) is 9.59 Å². The van der Waals surface area contributed by atoms with Crippen LogP contribution < -0.4 is 5.32 Å². The van der Waals surface area contributed by atoms with Crippen molar-refractivity contribution in [1.82, 2.24) is 10.2 Å². The summed E-state index contributed by atoms with van der Waals surface area (Å²) in [5.74, 6) is 2.26. The third kappa shape index (κ3) is 3.46. The molecule has 3 atom stereocenters. The third-order valence-corrected chi connectivity index (χ3v) is 8.62. The SMILES string of the molecule is CC(=O)NCC1CCCN(C(=O)C23CC4CC(C2)CC(c2ccc(C)cc2)(C4)C3)C1. The number of aryl methyl sites for hydroxylation is 1. The highest BCUT2D eigenvalue weighted by Gasteiger charge is 2.61. The van der Waals surface area contributed by atoms with Crippen LogP contribution in [-0.2, 0) is 15.0 Å². The maximum absolute atomic E-state index is 14.0. The Morgan fingerprint density at radius 1 is 1.10 bits per heavy atom. The summed E-state index contributed by atoms with van der Waals surface area (Å²) >= 11 is 0. The summed E-state index contributed by atoms with van der Waals surface area (Å²) in [4.78, 5) is 27.5. The van der Waals surface area contributed by atoms with E-state index < -0.39 is 0 Å². The minimum atomic E-state index is -0.148. The average molecular weight is 409 g/mol. The molecule has 1 aromatic rings. The first-order chi connectivity index (χ1) is 14.4. The Labute approximate surface area is 180 Å². The number of amides is 2. The third-order valence-electron chi connectivity index (χ3n) is 8.62. The quantitative estimate of drug-likeness (QED) is 0.811. The minimum absolute atomic E-state index is 0.0274. The Kier molecular flexibility index (Phi) is 4.95. The van der Waals surface area contributed by atoms with Crippen molar-refractivity contribution < 1.29 is 9.59 Å². The van der Waals surface area contributed by atoms with E-state index >= 15 is 0 Å². The van der Waals surface area contributed by atoms with Gasteiger partial charge in [0.1, 0.15) is 0 Å². The fraction of sp³-hybridized carbons (Fsp3) is 0.692. The van der Waals surface area contributed by atoms with Crippen LogP contribution in [0.2, 0.25) is 0 Å². The highest BCUT2D eigenvalue weighted by Crippen LogP contribution is 2.66. The van der Waals surface area contributed by atoms with Gasteiger partial charge in [0.15, 0.2) is 0 Å². The van der Waals surface area contributed by atoms with Gasteiger partial charge in [-0.05, 0) is 87.0 Å². The second-order valence-electron chi connectivity index (χ2n) is 11.1. The van der Waals surface area contributed by atoms with E-state index in [2.05, 4.69) is 41.4 Å². The fourth-order valence-corrected chi connectivity index (χ4v) is 7.80. The van der Waals surface area contributed by atoms with Gasteiger partial charge in [0.2, 0.25) is 11.8 Å². The van der Waals surface area contributed by atoms with Crippen LogP contribution in [0.15, 0.2) is 24.3 Å². The molecule has 4 bridgehead atoms. The van der Waals surface area contributed by atoms with Crippen molar-refractivity contribution in [2.24, 2.45) is 23.2 Å². The van der Waals surface area contributed by atoms with Crippen molar-refractivity contribution in [3.8, 4) is 0 Å². The summed E-state index contributed by atoms with van der Waals surface area (Å²) in [6.45, 7) is 6.14. The molecule has 1 heterocycles. The topological polar surface area (TPSA) is 49.4 Å². The number of carbonyl (C=O) groups excluding carboxylic acids is 2. The lowest BCUT2D eigenvalue weighted by Crippen LogP contribution is -2.60. The van der Waals surface area contributed by atoms with E-state index in [4.69, 9.17) is 0 Å². The second-order valence-corrected chi connectivity index (χ2v) is 11.1. The molecule has 5 aliphatic rings. The summed E-state index contributed by atoms with van der Waals surface area (Å²) < 4.78 is 0. The monoisotopic (exact) mass is 408 g/mol. The maximum atomic E-state index is 14.0. The van der Waals surface area contributed by atoms with E-state index in [0.717, 1.165) is 45.2 Å². The highest BCUT2D eigenvalue weighted by atomic mass is 16.2. The zero-order valence-corrected chi connectivity index (χ0v) is 18.6. The van der Waals surface area contributed by atoms with Gasteiger partial charge in [0.05, 0.1) is 5.41 Å². The Bertz CT molecular complexity index is 816. The molecule has 1 saturated heterocycles. The van der Waals surface area contributed by atoms with Crippen LogP contribution in [0.1, 0.15) is 69.4 Å². The number of hydrogen-bond donors (Lipinski definition) is 1. The summed E-state index contributed by atoms with van der Waals surface area (Å²) in [6.07, 6.45) is 9.28. The Morgan fingerprint density at radius 3 is 2.47 bits per heavy atom. The van der Waals surface area contributed by atoms with Gasteiger partial charge in [-0.2, -0.15) is 0 Å². The molecule has 4 nitrogen and oxygen atoms in total. The lowest BCUT2D eigenvalue weighted by atomic mass is 9.42. The molecule has 4 heteroatoms. The zero-order chi connectivity index (χ0) is 20.9. The summed E-state index contributed by atoms with van der Waals surface area (Å²) in [6, 6.07) is 9.18. The van der Waals surface area contributed by atoms with Crippen LogP contribution >= 0.6 is 0 Å². The number of benzene rings is 1. The number of nitrogens with zero attached hydrogens (tertiary/aromatic N) is 1. The minimum Gasteiger partial charge on any atom is -0.356 e. The molecule has 30 heavy (non-hydrogen) atoms. The number of carbonyl (C=O) groups is 2. The van der Waals surface area contributed by atoms with E-state index in [1.807, 2.05) is 0 Å². The molecule has 6 rings (SSSR count). The number of rotatable bonds is 4. The number of nitrogens with one attached hydrogen (secondary N) is 1. The predicted octanol–water partition coefficient (Wildman–Crippen LogP) is 4.21. The normalized spacial score (nSPS) is 37.3. The molecule has 1 aromatic carbocycles. The molecule has 3 unspecified atom stereocenters. The van der Waals surface area contributed by atoms with Crippen molar-refractivity contribution in [1.29, 1.82) is 0 Å². The van der Waals surface area contributed by atoms with Gasteiger partial charge in [-0.25, -0.2) is 0 Å². The van der Waals surface area contributed by atoms with Crippen molar-refractivity contribution in [2.75, 3.05) is 19.6 Å². The Hall–Kier alpha value is -1.84. The molecule has 0 radical (unpaired) electrons. The number of likely N-dealkylation sites (tertiary alicyclic amines) is 1. The molecular weight excluding hydrogens is 372 g/mol. The smallest absolute Gasteiger partial charge is 0.228 e. The van der Waals surface area contributed by atoms with Crippen molar-refractivity contribution in [3.05, 3.63) is 35.4 Å². The molecule has 1 aliphatic heterocycles. The standard InChI is InChI=1S/C26H36N2O2/c1-18-5-7-23(8-6-18)25-11-21-10-22(12-25)14-26(13-21,17-25)24(30)28-9-3-4-20(16-28)15-27-19(2)29/h5-8,20-22H,3-4,9-17H2,1-2H3,(H,27,29). The van der Waals surface area contributed by atoms with Gasteiger partial charge >= 0.3 is 0 Å². The molecule has 2 amide bonds. The fourth-order valence-electron chi connectivity index (χ4n) is 7.80. The second kappa shape index (κ2) is 7.39. The van der Waals surface area contributed by atoms with Crippen LogP contribution in [0.25, 0.3) is 0 Å². The molecule has 0 aromatic heterocycles. The van der Waals surface area contributed by atoms with Gasteiger partial charge in [-0.1, -0.05) is 29.8 Å². The average Bonchev–Trinajstić information content (AvgIpc) is 2.71. The zero-order valence-electron chi connectivity index (χ0n) is 18.6. The Balaban J connectivity index is 1.38. The highest BCUT2D eigenvalue weighted by molar-refractivity contribution is 5.84. The van der Waals surface area contributed by atoms with E-state index in [0.29, 0.717) is 30.2 Å². The van der Waals surface area contributed by atoms with Gasteiger partial charge in [0, 0.05) is 26.6 Å². The van der Waals surface area contributed by atoms with Crippen LogP contribution in [0.3, 0.4) is 0 Å². The summed E-state index contributed by atoms with van der Waals surface area (Å²) in [7, 11) is 0. The van der Waals surface area contributed by atoms with Gasteiger partial charge in [-0.3, -0.25) is 9.59 Å². The molecule has 162 valence electrons. The summed E-state index contributed by atoms with van der Waals surface area (Å²) in [5, 5.41) is 2.97. The van der Waals surface area contributed by atoms with E-state index in [1.165, 1.54) is 30.4 Å². The molecule has 4 saturated carbocycles. The van der Waals surface area contributed by atoms with Crippen molar-refractivity contribution >= 4 is 11.8 Å². The first-order valence-corrected chi connectivity index (χ1v) is 12.0.